The Labute approximate surface area is 78.2 Å². The lowest BCUT2D eigenvalue weighted by Crippen LogP contribution is -2.32. The summed E-state index contributed by atoms with van der Waals surface area (Å²) in [5, 5.41) is 0. The van der Waals surface area contributed by atoms with Crippen molar-refractivity contribution in [2.24, 2.45) is 0 Å². The highest BCUT2D eigenvalue weighted by Crippen LogP contribution is 2.10. The minimum atomic E-state index is -0.836. The van der Waals surface area contributed by atoms with Crippen LogP contribution in [0.3, 0.4) is 0 Å². The van der Waals surface area contributed by atoms with Crippen LogP contribution in [0.4, 0.5) is 0 Å². The van der Waals surface area contributed by atoms with Crippen LogP contribution >= 0.6 is 0 Å². The van der Waals surface area contributed by atoms with Crippen molar-refractivity contribution in [3.05, 3.63) is 0 Å². The summed E-state index contributed by atoms with van der Waals surface area (Å²) in [6, 6.07) is 0. The molecule has 4 heteroatoms. The Morgan fingerprint density at radius 3 is 2.31 bits per heavy atom. The lowest BCUT2D eigenvalue weighted by molar-refractivity contribution is -0.164. The molecule has 0 rings (SSSR count). The van der Waals surface area contributed by atoms with E-state index in [4.69, 9.17) is 4.74 Å². The van der Waals surface area contributed by atoms with Gasteiger partial charge < -0.3 is 9.47 Å². The first-order valence-electron chi connectivity index (χ1n) is 4.16. The van der Waals surface area contributed by atoms with Gasteiger partial charge in [0.1, 0.15) is 5.60 Å². The molecule has 0 aliphatic rings. The standard InChI is InChI=1S/C9H15O4/c1-5-7(12-6-10)8(11)13-9(2,3)4/h7H,5H2,1-4H3. The predicted octanol–water partition coefficient (Wildman–Crippen LogP) is 1.19. The molecule has 13 heavy (non-hydrogen) atoms. The maximum atomic E-state index is 11.3. The highest BCUT2D eigenvalue weighted by Gasteiger charge is 2.24. The number of carbonyl (C=O) groups is 1. The molecule has 0 heterocycles. The van der Waals surface area contributed by atoms with Gasteiger partial charge in [-0.2, -0.15) is 0 Å². The van der Waals surface area contributed by atoms with Gasteiger partial charge in [0.05, 0.1) is 0 Å². The number of hydrogen-bond acceptors (Lipinski definition) is 4. The zero-order chi connectivity index (χ0) is 10.5. The first kappa shape index (κ1) is 11.9. The van der Waals surface area contributed by atoms with Gasteiger partial charge in [-0.05, 0) is 27.2 Å². The average molecular weight is 187 g/mol. The fourth-order valence-electron chi connectivity index (χ4n) is 0.724. The van der Waals surface area contributed by atoms with Crippen LogP contribution in [0, 0.1) is 0 Å². The smallest absolute Gasteiger partial charge is 0.418 e. The second-order valence-electron chi connectivity index (χ2n) is 3.63. The summed E-state index contributed by atoms with van der Waals surface area (Å²) in [6.07, 6.45) is -0.443. The molecule has 0 aliphatic carbocycles. The molecule has 0 amide bonds. The van der Waals surface area contributed by atoms with E-state index in [-0.39, 0.29) is 0 Å². The van der Waals surface area contributed by atoms with Gasteiger partial charge in [-0.1, -0.05) is 6.92 Å². The summed E-state index contributed by atoms with van der Waals surface area (Å²) < 4.78 is 9.42. The maximum absolute atomic E-state index is 11.3. The summed E-state index contributed by atoms with van der Waals surface area (Å²) >= 11 is 0. The minimum Gasteiger partial charge on any atom is -0.457 e. The fraction of sp³-hybridized carbons (Fsp3) is 0.778. The van der Waals surface area contributed by atoms with E-state index in [1.165, 1.54) is 6.47 Å². The molecule has 0 aromatic heterocycles. The Morgan fingerprint density at radius 2 is 2.00 bits per heavy atom. The van der Waals surface area contributed by atoms with Crippen LogP contribution in [-0.2, 0) is 19.1 Å². The third-order valence-corrected chi connectivity index (χ3v) is 1.23. The zero-order valence-electron chi connectivity index (χ0n) is 8.42. The minimum absolute atomic E-state index is 0.393. The van der Waals surface area contributed by atoms with E-state index in [0.29, 0.717) is 6.42 Å². The summed E-state index contributed by atoms with van der Waals surface area (Å²) in [5.41, 5.74) is -0.559. The van der Waals surface area contributed by atoms with Crippen molar-refractivity contribution >= 4 is 12.4 Å². The third-order valence-electron chi connectivity index (χ3n) is 1.23. The highest BCUT2D eigenvalue weighted by atomic mass is 16.6. The van der Waals surface area contributed by atoms with E-state index in [9.17, 15) is 9.59 Å². The van der Waals surface area contributed by atoms with Crippen molar-refractivity contribution in [2.75, 3.05) is 0 Å². The fourth-order valence-corrected chi connectivity index (χ4v) is 0.724. The van der Waals surface area contributed by atoms with Gasteiger partial charge in [-0.3, -0.25) is 0 Å². The molecule has 0 saturated heterocycles. The van der Waals surface area contributed by atoms with Crippen molar-refractivity contribution in [2.45, 2.75) is 45.8 Å². The maximum Gasteiger partial charge on any atom is 0.418 e. The largest absolute Gasteiger partial charge is 0.457 e. The van der Waals surface area contributed by atoms with Crippen LogP contribution in [0.2, 0.25) is 0 Å². The summed E-state index contributed by atoms with van der Waals surface area (Å²) in [6.45, 7) is 8.22. The molecule has 4 nitrogen and oxygen atoms in total. The Morgan fingerprint density at radius 1 is 1.46 bits per heavy atom. The monoisotopic (exact) mass is 187 g/mol. The van der Waals surface area contributed by atoms with E-state index >= 15 is 0 Å². The molecule has 0 aromatic rings. The predicted molar refractivity (Wildman–Crippen MR) is 46.7 cm³/mol. The van der Waals surface area contributed by atoms with Gasteiger partial charge in [0.15, 0.2) is 6.10 Å². The molecule has 0 aromatic carbocycles. The highest BCUT2D eigenvalue weighted by molar-refractivity contribution is 5.76. The lowest BCUT2D eigenvalue weighted by atomic mass is 10.2. The van der Waals surface area contributed by atoms with Crippen molar-refractivity contribution in [1.29, 1.82) is 0 Å². The molecule has 0 fully saturated rings. The molecule has 75 valence electrons. The average Bonchev–Trinajstić information content (AvgIpc) is 1.96. The van der Waals surface area contributed by atoms with Crippen molar-refractivity contribution in [3.8, 4) is 0 Å². The van der Waals surface area contributed by atoms with Gasteiger partial charge >= 0.3 is 12.4 Å². The number of ether oxygens (including phenoxy) is 2. The van der Waals surface area contributed by atoms with Gasteiger partial charge in [0.2, 0.25) is 0 Å². The van der Waals surface area contributed by atoms with E-state index in [2.05, 4.69) is 4.74 Å². The number of rotatable bonds is 4. The normalized spacial score (nSPS) is 13.2. The quantitative estimate of drug-likeness (QED) is 0.620. The molecule has 0 N–H and O–H groups in total. The van der Waals surface area contributed by atoms with Crippen molar-refractivity contribution < 1.29 is 19.1 Å². The Kier molecular flexibility index (Phi) is 4.45. The lowest BCUT2D eigenvalue weighted by Gasteiger charge is -2.22. The molecule has 1 radical (unpaired) electrons. The first-order chi connectivity index (χ1) is 5.90. The third kappa shape index (κ3) is 5.22. The van der Waals surface area contributed by atoms with Crippen LogP contribution in [-0.4, -0.2) is 24.1 Å². The van der Waals surface area contributed by atoms with Crippen LogP contribution in [0.1, 0.15) is 34.1 Å². The van der Waals surface area contributed by atoms with Crippen LogP contribution in [0.5, 0.6) is 0 Å². The number of esters is 1. The van der Waals surface area contributed by atoms with Crippen molar-refractivity contribution in [1.82, 2.24) is 0 Å². The summed E-state index contributed by atoms with van der Waals surface area (Å²) in [5.74, 6) is -0.529. The van der Waals surface area contributed by atoms with Crippen LogP contribution < -0.4 is 0 Å². The molecule has 0 aliphatic heterocycles. The van der Waals surface area contributed by atoms with Gasteiger partial charge in [0.25, 0.3) is 0 Å². The van der Waals surface area contributed by atoms with Crippen LogP contribution in [0.15, 0.2) is 0 Å². The van der Waals surface area contributed by atoms with E-state index in [1.54, 1.807) is 27.7 Å². The second kappa shape index (κ2) is 4.84. The Hall–Kier alpha value is -1.06. The number of carbonyl (C=O) groups excluding carboxylic acids is 2. The SMILES string of the molecule is CCC(O[C]=O)C(=O)OC(C)(C)C. The van der Waals surface area contributed by atoms with Crippen LogP contribution in [0.25, 0.3) is 0 Å². The molecule has 0 saturated carbocycles. The molecular weight excluding hydrogens is 172 g/mol. The van der Waals surface area contributed by atoms with Gasteiger partial charge in [0, 0.05) is 0 Å². The Balaban J connectivity index is 4.13. The van der Waals surface area contributed by atoms with Crippen molar-refractivity contribution in [3.63, 3.8) is 0 Å². The zero-order valence-corrected chi connectivity index (χ0v) is 8.42. The van der Waals surface area contributed by atoms with Gasteiger partial charge in [-0.25, -0.2) is 9.59 Å². The van der Waals surface area contributed by atoms with Gasteiger partial charge in [-0.15, -0.1) is 0 Å². The molecule has 0 bridgehead atoms. The second-order valence-corrected chi connectivity index (χ2v) is 3.63. The topological polar surface area (TPSA) is 52.6 Å². The molecule has 1 unspecified atom stereocenters. The summed E-state index contributed by atoms with van der Waals surface area (Å²) in [4.78, 5) is 21.1. The first-order valence-corrected chi connectivity index (χ1v) is 4.16. The molecule has 1 atom stereocenters. The molecular formula is C9H15O4. The number of hydrogen-bond donors (Lipinski definition) is 0. The van der Waals surface area contributed by atoms with E-state index in [1.807, 2.05) is 0 Å². The van der Waals surface area contributed by atoms with E-state index in [0.717, 1.165) is 0 Å². The molecule has 0 spiro atoms. The summed E-state index contributed by atoms with van der Waals surface area (Å²) in [7, 11) is 0. The Bertz CT molecular complexity index is 181. The van der Waals surface area contributed by atoms with E-state index < -0.39 is 17.7 Å².